The smallest absolute Gasteiger partial charge is 0.273 e. The second-order valence-electron chi connectivity index (χ2n) is 5.66. The highest BCUT2D eigenvalue weighted by atomic mass is 35.5. The van der Waals surface area contributed by atoms with Crippen molar-refractivity contribution in [3.05, 3.63) is 40.2 Å². The Morgan fingerprint density at radius 1 is 1.48 bits per heavy atom. The zero-order chi connectivity index (χ0) is 16.4. The van der Waals surface area contributed by atoms with Crippen molar-refractivity contribution >= 4 is 17.5 Å². The minimum absolute atomic E-state index is 0.101. The predicted molar refractivity (Wildman–Crippen MR) is 87.2 cm³/mol. The highest BCUT2D eigenvalue weighted by Gasteiger charge is 2.21. The van der Waals surface area contributed by atoms with E-state index in [0.717, 1.165) is 30.7 Å². The molecule has 2 aromatic rings. The van der Waals surface area contributed by atoms with Crippen molar-refractivity contribution < 1.29 is 9.53 Å². The monoisotopic (exact) mass is 334 g/mol. The van der Waals surface area contributed by atoms with E-state index in [1.54, 1.807) is 4.68 Å². The number of ether oxygens (including phenoxy) is 1. The van der Waals surface area contributed by atoms with Crippen molar-refractivity contribution in [2.45, 2.75) is 32.8 Å². The molecule has 1 aliphatic heterocycles. The summed E-state index contributed by atoms with van der Waals surface area (Å²) in [5.41, 5.74) is 2.72. The summed E-state index contributed by atoms with van der Waals surface area (Å²) in [6, 6.07) is 5.57. The molecule has 6 nitrogen and oxygen atoms in total. The lowest BCUT2D eigenvalue weighted by molar-refractivity contribution is 0.0853. The number of hydrogen-bond donors (Lipinski definition) is 1. The van der Waals surface area contributed by atoms with Crippen molar-refractivity contribution in [2.75, 3.05) is 13.2 Å². The standard InChI is InChI=1S/C16H19ClN4O2/c1-10-13(17)6-3-7-14(10)21-11(2)15(19-20-21)16(22)18-9-12-5-4-8-23-12/h3,6-7,12H,4-5,8-9H2,1-2H3,(H,18,22)/t12-/m1/s1. The number of aromatic nitrogens is 3. The maximum Gasteiger partial charge on any atom is 0.273 e. The Morgan fingerprint density at radius 2 is 2.30 bits per heavy atom. The van der Waals surface area contributed by atoms with Crippen LogP contribution < -0.4 is 5.32 Å². The number of hydrogen-bond acceptors (Lipinski definition) is 4. The highest BCUT2D eigenvalue weighted by molar-refractivity contribution is 6.31. The molecule has 1 aromatic carbocycles. The second-order valence-corrected chi connectivity index (χ2v) is 6.07. The number of carbonyl (C=O) groups is 1. The van der Waals surface area contributed by atoms with Gasteiger partial charge in [-0.05, 0) is 44.4 Å². The topological polar surface area (TPSA) is 69.0 Å². The first-order valence-electron chi connectivity index (χ1n) is 7.65. The Balaban J connectivity index is 1.78. The molecule has 0 bridgehead atoms. The lowest BCUT2D eigenvalue weighted by Gasteiger charge is -2.10. The van der Waals surface area contributed by atoms with Gasteiger partial charge in [-0.1, -0.05) is 22.9 Å². The van der Waals surface area contributed by atoms with Gasteiger partial charge in [0, 0.05) is 18.2 Å². The fourth-order valence-electron chi connectivity index (χ4n) is 2.69. The Hall–Kier alpha value is -1.92. The molecule has 7 heteroatoms. The number of nitrogens with zero attached hydrogens (tertiary/aromatic N) is 3. The molecule has 1 aliphatic rings. The molecule has 1 amide bonds. The third-order valence-electron chi connectivity index (χ3n) is 4.09. The van der Waals surface area contributed by atoms with Crippen LogP contribution >= 0.6 is 11.6 Å². The molecular formula is C16H19ClN4O2. The molecule has 3 rings (SSSR count). The first-order chi connectivity index (χ1) is 11.1. The van der Waals surface area contributed by atoms with E-state index in [9.17, 15) is 4.79 Å². The number of carbonyl (C=O) groups excluding carboxylic acids is 1. The van der Waals surface area contributed by atoms with E-state index in [-0.39, 0.29) is 12.0 Å². The minimum atomic E-state index is -0.232. The molecule has 0 unspecified atom stereocenters. The van der Waals surface area contributed by atoms with Crippen molar-refractivity contribution in [1.29, 1.82) is 0 Å². The van der Waals surface area contributed by atoms with E-state index in [2.05, 4.69) is 15.6 Å². The molecule has 1 saturated heterocycles. The third kappa shape index (κ3) is 3.23. The molecule has 122 valence electrons. The molecular weight excluding hydrogens is 316 g/mol. The van der Waals surface area contributed by atoms with Crippen LogP contribution in [-0.4, -0.2) is 40.2 Å². The van der Waals surface area contributed by atoms with Crippen molar-refractivity contribution in [2.24, 2.45) is 0 Å². The fraction of sp³-hybridized carbons (Fsp3) is 0.438. The summed E-state index contributed by atoms with van der Waals surface area (Å²) in [7, 11) is 0. The molecule has 1 atom stereocenters. The summed E-state index contributed by atoms with van der Waals surface area (Å²) in [5.74, 6) is -0.232. The van der Waals surface area contributed by atoms with E-state index in [1.165, 1.54) is 0 Å². The van der Waals surface area contributed by atoms with Gasteiger partial charge in [0.2, 0.25) is 0 Å². The van der Waals surface area contributed by atoms with Crippen LogP contribution in [-0.2, 0) is 4.74 Å². The van der Waals surface area contributed by atoms with Gasteiger partial charge in [0.15, 0.2) is 5.69 Å². The molecule has 1 aromatic heterocycles. The van der Waals surface area contributed by atoms with Gasteiger partial charge in [-0.3, -0.25) is 4.79 Å². The fourth-order valence-corrected chi connectivity index (χ4v) is 2.86. The van der Waals surface area contributed by atoms with Crippen molar-refractivity contribution in [3.63, 3.8) is 0 Å². The summed E-state index contributed by atoms with van der Waals surface area (Å²) in [6.07, 6.45) is 2.13. The number of amides is 1. The summed E-state index contributed by atoms with van der Waals surface area (Å²) in [5, 5.41) is 11.7. The quantitative estimate of drug-likeness (QED) is 0.932. The van der Waals surface area contributed by atoms with E-state index in [0.29, 0.717) is 23.0 Å². The highest BCUT2D eigenvalue weighted by Crippen LogP contribution is 2.23. The molecule has 1 N–H and O–H groups in total. The first-order valence-corrected chi connectivity index (χ1v) is 8.03. The van der Waals surface area contributed by atoms with Crippen molar-refractivity contribution in [3.8, 4) is 5.69 Å². The normalized spacial score (nSPS) is 17.4. The summed E-state index contributed by atoms with van der Waals surface area (Å²) < 4.78 is 7.14. The summed E-state index contributed by atoms with van der Waals surface area (Å²) >= 11 is 6.15. The lowest BCUT2D eigenvalue weighted by Crippen LogP contribution is -2.32. The van der Waals surface area contributed by atoms with Crippen LogP contribution in [0.5, 0.6) is 0 Å². The van der Waals surface area contributed by atoms with Crippen LogP contribution in [0.3, 0.4) is 0 Å². The van der Waals surface area contributed by atoms with Gasteiger partial charge in [-0.2, -0.15) is 0 Å². The average Bonchev–Trinajstić information content (AvgIpc) is 3.18. The number of benzene rings is 1. The van der Waals surface area contributed by atoms with Gasteiger partial charge in [-0.15, -0.1) is 5.10 Å². The van der Waals surface area contributed by atoms with Gasteiger partial charge >= 0.3 is 0 Å². The van der Waals surface area contributed by atoms with E-state index >= 15 is 0 Å². The molecule has 1 fully saturated rings. The minimum Gasteiger partial charge on any atom is -0.376 e. The van der Waals surface area contributed by atoms with Gasteiger partial charge in [0.05, 0.1) is 17.5 Å². The maximum absolute atomic E-state index is 12.3. The molecule has 2 heterocycles. The van der Waals surface area contributed by atoms with E-state index < -0.39 is 0 Å². The molecule has 0 aliphatic carbocycles. The van der Waals surface area contributed by atoms with Gasteiger partial charge in [0.1, 0.15) is 0 Å². The Morgan fingerprint density at radius 3 is 3.04 bits per heavy atom. The number of halogens is 1. The number of rotatable bonds is 4. The van der Waals surface area contributed by atoms with Crippen molar-refractivity contribution in [1.82, 2.24) is 20.3 Å². The lowest BCUT2D eigenvalue weighted by atomic mass is 10.2. The second kappa shape index (κ2) is 6.68. The largest absolute Gasteiger partial charge is 0.376 e. The maximum atomic E-state index is 12.3. The van der Waals surface area contributed by atoms with Gasteiger partial charge < -0.3 is 10.1 Å². The van der Waals surface area contributed by atoms with Crippen LogP contribution in [0.2, 0.25) is 5.02 Å². The van der Waals surface area contributed by atoms with Crippen LogP contribution in [0.1, 0.15) is 34.6 Å². The summed E-state index contributed by atoms with van der Waals surface area (Å²) in [4.78, 5) is 12.3. The molecule has 0 radical (unpaired) electrons. The van der Waals surface area contributed by atoms with Crippen LogP contribution in [0.25, 0.3) is 5.69 Å². The van der Waals surface area contributed by atoms with E-state index in [1.807, 2.05) is 32.0 Å². The van der Waals surface area contributed by atoms with Crippen LogP contribution in [0.4, 0.5) is 0 Å². The summed E-state index contributed by atoms with van der Waals surface area (Å²) in [6.45, 7) is 5.00. The van der Waals surface area contributed by atoms with Crippen LogP contribution in [0.15, 0.2) is 18.2 Å². The molecule has 0 saturated carbocycles. The molecule has 0 spiro atoms. The third-order valence-corrected chi connectivity index (χ3v) is 4.50. The average molecular weight is 335 g/mol. The number of nitrogens with one attached hydrogen (secondary N) is 1. The molecule has 23 heavy (non-hydrogen) atoms. The Bertz CT molecular complexity index is 723. The zero-order valence-corrected chi connectivity index (χ0v) is 13.9. The van der Waals surface area contributed by atoms with E-state index in [4.69, 9.17) is 16.3 Å². The van der Waals surface area contributed by atoms with Crippen LogP contribution in [0, 0.1) is 13.8 Å². The predicted octanol–water partition coefficient (Wildman–Crippen LogP) is 2.45. The first kappa shape index (κ1) is 16.0. The Kier molecular flexibility index (Phi) is 4.63. The zero-order valence-electron chi connectivity index (χ0n) is 13.2. The van der Waals surface area contributed by atoms with Gasteiger partial charge in [0.25, 0.3) is 5.91 Å². The van der Waals surface area contributed by atoms with Gasteiger partial charge in [-0.25, -0.2) is 4.68 Å². The SMILES string of the molecule is Cc1c(Cl)cccc1-n1nnc(C(=O)NC[C@H]2CCCO2)c1C. The Labute approximate surface area is 139 Å².